The Labute approximate surface area is 111 Å². The van der Waals surface area contributed by atoms with Gasteiger partial charge in [0.05, 0.1) is 17.2 Å². The lowest BCUT2D eigenvalue weighted by atomic mass is 10.1. The molecule has 1 aromatic rings. The first kappa shape index (κ1) is 15.0. The van der Waals surface area contributed by atoms with E-state index in [9.17, 15) is 14.9 Å². The molecule has 7 heteroatoms. The number of nitrogens with one attached hydrogen (secondary N) is 1. The van der Waals surface area contributed by atoms with Crippen LogP contribution >= 0.6 is 0 Å². The molecular weight excluding hydrogens is 248 g/mol. The summed E-state index contributed by atoms with van der Waals surface area (Å²) in [6.07, 6.45) is 1.48. The second-order valence-electron chi connectivity index (χ2n) is 4.51. The summed E-state index contributed by atoms with van der Waals surface area (Å²) < 4.78 is 0. The minimum absolute atomic E-state index is 0.0562. The number of aryl methyl sites for hydroxylation is 1. The Hall–Kier alpha value is -2.02. The molecule has 0 bridgehead atoms. The molecule has 0 aliphatic carbocycles. The number of hydrogen-bond acceptors (Lipinski definition) is 5. The van der Waals surface area contributed by atoms with Crippen LogP contribution in [-0.4, -0.2) is 41.4 Å². The van der Waals surface area contributed by atoms with Crippen molar-refractivity contribution in [3.8, 4) is 0 Å². The van der Waals surface area contributed by atoms with Gasteiger partial charge in [-0.1, -0.05) is 0 Å². The molecule has 0 radical (unpaired) electrons. The second kappa shape index (κ2) is 6.24. The Morgan fingerprint density at radius 2 is 2.11 bits per heavy atom. The summed E-state index contributed by atoms with van der Waals surface area (Å²) >= 11 is 0. The molecule has 0 saturated carbocycles. The second-order valence-corrected chi connectivity index (χ2v) is 4.51. The van der Waals surface area contributed by atoms with Crippen LogP contribution in [0.5, 0.6) is 0 Å². The molecule has 0 spiro atoms. The van der Waals surface area contributed by atoms with Gasteiger partial charge in [0.15, 0.2) is 0 Å². The van der Waals surface area contributed by atoms with E-state index < -0.39 is 4.92 Å². The normalized spacial score (nSPS) is 10.3. The molecule has 0 atom stereocenters. The van der Waals surface area contributed by atoms with Crippen LogP contribution in [0.1, 0.15) is 16.8 Å². The molecule has 0 aromatic carbocycles. The Kier molecular flexibility index (Phi) is 4.94. The third kappa shape index (κ3) is 3.72. The zero-order valence-electron chi connectivity index (χ0n) is 11.6. The zero-order valence-corrected chi connectivity index (χ0v) is 11.6. The first-order valence-electron chi connectivity index (χ1n) is 5.85. The smallest absolute Gasteiger partial charge is 0.278 e. The van der Waals surface area contributed by atoms with Crippen LogP contribution in [0.2, 0.25) is 0 Å². The molecule has 0 aliphatic rings. The van der Waals surface area contributed by atoms with Crippen LogP contribution in [0.15, 0.2) is 6.20 Å². The number of rotatable bonds is 5. The van der Waals surface area contributed by atoms with Crippen LogP contribution < -0.4 is 5.32 Å². The molecule has 0 fully saturated rings. The highest BCUT2D eigenvalue weighted by molar-refractivity contribution is 5.77. The average molecular weight is 266 g/mol. The van der Waals surface area contributed by atoms with Crippen molar-refractivity contribution < 1.29 is 9.72 Å². The first-order chi connectivity index (χ1) is 8.84. The molecule has 7 nitrogen and oxygen atoms in total. The number of nitrogens with zero attached hydrogens (tertiary/aromatic N) is 3. The molecule has 0 aliphatic heterocycles. The number of likely N-dealkylation sites (N-methyl/N-ethyl adjacent to an activating group) is 1. The Balaban J connectivity index is 2.78. The number of carbonyl (C=O) groups is 1. The van der Waals surface area contributed by atoms with Crippen LogP contribution in [0, 0.1) is 24.0 Å². The van der Waals surface area contributed by atoms with Gasteiger partial charge in [0.1, 0.15) is 0 Å². The fourth-order valence-corrected chi connectivity index (χ4v) is 1.67. The van der Waals surface area contributed by atoms with Crippen molar-refractivity contribution >= 4 is 11.6 Å². The van der Waals surface area contributed by atoms with Gasteiger partial charge in [0.25, 0.3) is 5.69 Å². The van der Waals surface area contributed by atoms with E-state index in [1.54, 1.807) is 27.9 Å². The van der Waals surface area contributed by atoms with Crippen LogP contribution in [0.3, 0.4) is 0 Å². The van der Waals surface area contributed by atoms with E-state index in [-0.39, 0.29) is 18.1 Å². The molecule has 19 heavy (non-hydrogen) atoms. The number of aromatic nitrogens is 1. The largest absolute Gasteiger partial charge is 0.348 e. The zero-order chi connectivity index (χ0) is 14.6. The molecule has 1 amide bonds. The maximum Gasteiger partial charge on any atom is 0.278 e. The minimum Gasteiger partial charge on any atom is -0.348 e. The quantitative estimate of drug-likeness (QED) is 0.628. The molecule has 104 valence electrons. The van der Waals surface area contributed by atoms with Gasteiger partial charge in [0, 0.05) is 38.0 Å². The summed E-state index contributed by atoms with van der Waals surface area (Å²) in [5.41, 5.74) is 1.75. The molecule has 1 N–H and O–H groups in total. The molecular formula is C12H18N4O3. The predicted octanol–water partition coefficient (Wildman–Crippen LogP) is 0.784. The van der Waals surface area contributed by atoms with E-state index in [0.717, 1.165) is 0 Å². The fourth-order valence-electron chi connectivity index (χ4n) is 1.67. The van der Waals surface area contributed by atoms with E-state index in [4.69, 9.17) is 0 Å². The lowest BCUT2D eigenvalue weighted by Gasteiger charge is -2.12. The van der Waals surface area contributed by atoms with Crippen LogP contribution in [-0.2, 0) is 11.3 Å². The summed E-state index contributed by atoms with van der Waals surface area (Å²) in [5, 5.41) is 13.9. The lowest BCUT2D eigenvalue weighted by molar-refractivity contribution is -0.386. The van der Waals surface area contributed by atoms with Crippen molar-refractivity contribution in [2.24, 2.45) is 0 Å². The van der Waals surface area contributed by atoms with Gasteiger partial charge >= 0.3 is 0 Å². The SMILES string of the molecule is Cc1cnc(CNCC(=O)N(C)C)c(C)c1[N+](=O)[O-]. The third-order valence-corrected chi connectivity index (χ3v) is 2.83. The lowest BCUT2D eigenvalue weighted by Crippen LogP contribution is -2.33. The summed E-state index contributed by atoms with van der Waals surface area (Å²) in [5.74, 6) is -0.0562. The minimum atomic E-state index is -0.402. The summed E-state index contributed by atoms with van der Waals surface area (Å²) in [6, 6.07) is 0. The van der Waals surface area contributed by atoms with E-state index in [0.29, 0.717) is 23.4 Å². The van der Waals surface area contributed by atoms with E-state index in [2.05, 4.69) is 10.3 Å². The molecule has 1 aromatic heterocycles. The van der Waals surface area contributed by atoms with Crippen molar-refractivity contribution in [2.75, 3.05) is 20.6 Å². The van der Waals surface area contributed by atoms with Gasteiger partial charge in [0.2, 0.25) is 5.91 Å². The van der Waals surface area contributed by atoms with Gasteiger partial charge in [-0.3, -0.25) is 19.9 Å². The molecule has 1 rings (SSSR count). The van der Waals surface area contributed by atoms with E-state index in [1.165, 1.54) is 11.1 Å². The Bertz CT molecular complexity index is 500. The van der Waals surface area contributed by atoms with E-state index >= 15 is 0 Å². The summed E-state index contributed by atoms with van der Waals surface area (Å²) in [6.45, 7) is 3.83. The number of nitro groups is 1. The van der Waals surface area contributed by atoms with Crippen LogP contribution in [0.4, 0.5) is 5.69 Å². The number of pyridine rings is 1. The third-order valence-electron chi connectivity index (χ3n) is 2.83. The highest BCUT2D eigenvalue weighted by atomic mass is 16.6. The Morgan fingerprint density at radius 3 is 2.63 bits per heavy atom. The van der Waals surface area contributed by atoms with Crippen molar-refractivity contribution in [3.05, 3.63) is 33.1 Å². The topological polar surface area (TPSA) is 88.4 Å². The summed E-state index contributed by atoms with van der Waals surface area (Å²) in [7, 11) is 3.34. The van der Waals surface area contributed by atoms with Crippen LogP contribution in [0.25, 0.3) is 0 Å². The monoisotopic (exact) mass is 266 g/mol. The van der Waals surface area contributed by atoms with Crippen molar-refractivity contribution in [1.29, 1.82) is 0 Å². The predicted molar refractivity (Wildman–Crippen MR) is 70.8 cm³/mol. The maximum absolute atomic E-state index is 11.4. The highest BCUT2D eigenvalue weighted by Gasteiger charge is 2.18. The number of hydrogen-bond donors (Lipinski definition) is 1. The molecule has 0 saturated heterocycles. The number of amides is 1. The molecule has 1 heterocycles. The summed E-state index contributed by atoms with van der Waals surface area (Å²) in [4.78, 5) is 27.6. The number of carbonyl (C=O) groups excluding carboxylic acids is 1. The standard InChI is InChI=1S/C12H18N4O3/c1-8-5-14-10(9(2)12(8)16(18)19)6-13-7-11(17)15(3)4/h5,13H,6-7H2,1-4H3. The van der Waals surface area contributed by atoms with Gasteiger partial charge in [-0.05, 0) is 13.8 Å². The molecule has 0 unspecified atom stereocenters. The Morgan fingerprint density at radius 1 is 1.47 bits per heavy atom. The van der Waals surface area contributed by atoms with Gasteiger partial charge in [-0.2, -0.15) is 0 Å². The van der Waals surface area contributed by atoms with Crippen molar-refractivity contribution in [3.63, 3.8) is 0 Å². The van der Waals surface area contributed by atoms with Gasteiger partial charge in [-0.15, -0.1) is 0 Å². The van der Waals surface area contributed by atoms with Gasteiger partial charge < -0.3 is 10.2 Å². The van der Waals surface area contributed by atoms with E-state index in [1.807, 2.05) is 0 Å². The maximum atomic E-state index is 11.4. The van der Waals surface area contributed by atoms with Crippen molar-refractivity contribution in [2.45, 2.75) is 20.4 Å². The first-order valence-corrected chi connectivity index (χ1v) is 5.85. The van der Waals surface area contributed by atoms with Crippen molar-refractivity contribution in [1.82, 2.24) is 15.2 Å². The van der Waals surface area contributed by atoms with Gasteiger partial charge in [-0.25, -0.2) is 0 Å². The highest BCUT2D eigenvalue weighted by Crippen LogP contribution is 2.23. The average Bonchev–Trinajstić information content (AvgIpc) is 2.31. The fraction of sp³-hybridized carbons (Fsp3) is 0.500.